The summed E-state index contributed by atoms with van der Waals surface area (Å²) in [5, 5.41) is 6.48. The molecule has 2 saturated heterocycles. The lowest BCUT2D eigenvalue weighted by atomic mass is 9.84. The molecule has 3 aliphatic heterocycles. The van der Waals surface area contributed by atoms with E-state index in [0.29, 0.717) is 38.4 Å². The van der Waals surface area contributed by atoms with E-state index in [1.54, 1.807) is 0 Å². The number of carbonyl (C=O) groups excluding carboxylic acids is 2. The highest BCUT2D eigenvalue weighted by Gasteiger charge is 2.44. The molecule has 0 radical (unpaired) electrons. The average Bonchev–Trinajstić information content (AvgIpc) is 3.22. The van der Waals surface area contributed by atoms with Crippen LogP contribution in [0.25, 0.3) is 0 Å². The summed E-state index contributed by atoms with van der Waals surface area (Å²) in [5.41, 5.74) is 1.22. The van der Waals surface area contributed by atoms with Crippen LogP contribution in [0.2, 0.25) is 0 Å². The molecule has 2 amide bonds. The highest BCUT2D eigenvalue weighted by Crippen LogP contribution is 2.36. The number of piperidine rings is 1. The number of carbonyl (C=O) groups is 2. The predicted octanol–water partition coefficient (Wildman–Crippen LogP) is 2.68. The number of amides is 2. The molecule has 6 nitrogen and oxygen atoms in total. The van der Waals surface area contributed by atoms with Gasteiger partial charge in [-0.15, -0.1) is 0 Å². The van der Waals surface area contributed by atoms with Gasteiger partial charge in [0.1, 0.15) is 5.54 Å². The molecule has 3 aliphatic rings. The van der Waals surface area contributed by atoms with E-state index >= 15 is 0 Å². The average molecular weight is 370 g/mol. The Balaban J connectivity index is 1.31. The Bertz CT molecular complexity index is 706. The Hall–Kier alpha value is -2.08. The van der Waals surface area contributed by atoms with Gasteiger partial charge in [-0.25, -0.2) is 0 Å². The van der Waals surface area contributed by atoms with Gasteiger partial charge in [0.2, 0.25) is 11.8 Å². The smallest absolute Gasteiger partial charge is 0.250 e. The van der Waals surface area contributed by atoms with Crippen LogP contribution in [0.4, 0.5) is 11.4 Å². The number of hydrogen-bond donors (Lipinski definition) is 2. The minimum Gasteiger partial charge on any atom is -0.369 e. The third-order valence-corrected chi connectivity index (χ3v) is 6.49. The van der Waals surface area contributed by atoms with E-state index in [0.717, 1.165) is 17.8 Å². The molecule has 1 atom stereocenters. The summed E-state index contributed by atoms with van der Waals surface area (Å²) in [4.78, 5) is 29.8. The van der Waals surface area contributed by atoms with Crippen LogP contribution in [-0.2, 0) is 9.59 Å². The van der Waals surface area contributed by atoms with E-state index in [1.165, 1.54) is 25.9 Å². The fourth-order valence-corrected chi connectivity index (χ4v) is 4.60. The maximum absolute atomic E-state index is 12.7. The Morgan fingerprint density at radius 1 is 1.11 bits per heavy atom. The number of rotatable bonds is 4. The van der Waals surface area contributed by atoms with Gasteiger partial charge in [-0.1, -0.05) is 12.1 Å². The van der Waals surface area contributed by atoms with Crippen molar-refractivity contribution >= 4 is 23.2 Å². The van der Waals surface area contributed by atoms with E-state index in [-0.39, 0.29) is 11.8 Å². The Kier molecular flexibility index (Phi) is 5.08. The summed E-state index contributed by atoms with van der Waals surface area (Å²) in [6.45, 7) is 5.85. The SMILES string of the molecule is C[C@@H](CCC(=O)N1CCC2(CC1)Nc1ccccc1NC2=O)N1CCCC1. The second-order valence-corrected chi connectivity index (χ2v) is 8.22. The van der Waals surface area contributed by atoms with Crippen molar-refractivity contribution in [2.24, 2.45) is 0 Å². The number of fused-ring (bicyclic) bond motifs is 1. The first kappa shape index (κ1) is 18.3. The molecule has 146 valence electrons. The van der Waals surface area contributed by atoms with Crippen molar-refractivity contribution in [1.29, 1.82) is 0 Å². The van der Waals surface area contributed by atoms with Crippen molar-refractivity contribution in [3.63, 3.8) is 0 Å². The maximum atomic E-state index is 12.7. The lowest BCUT2D eigenvalue weighted by molar-refractivity contribution is -0.135. The molecule has 0 aromatic heterocycles. The van der Waals surface area contributed by atoms with Gasteiger partial charge in [0.15, 0.2) is 0 Å². The summed E-state index contributed by atoms with van der Waals surface area (Å²) in [6.07, 6.45) is 5.40. The standard InChI is InChI=1S/C21H30N4O2/c1-16(24-12-4-5-13-24)8-9-19(26)25-14-10-21(11-15-25)20(27)22-17-6-2-3-7-18(17)23-21/h2-3,6-7,16,23H,4-5,8-15H2,1H3,(H,22,27)/t16-/m0/s1. The molecule has 2 N–H and O–H groups in total. The number of nitrogens with one attached hydrogen (secondary N) is 2. The van der Waals surface area contributed by atoms with E-state index < -0.39 is 5.54 Å². The van der Waals surface area contributed by atoms with Gasteiger partial charge in [-0.2, -0.15) is 0 Å². The Morgan fingerprint density at radius 3 is 2.48 bits per heavy atom. The first-order chi connectivity index (χ1) is 13.1. The van der Waals surface area contributed by atoms with Crippen molar-refractivity contribution in [3.8, 4) is 0 Å². The Morgan fingerprint density at radius 2 is 1.78 bits per heavy atom. The minimum atomic E-state index is -0.589. The molecule has 2 fully saturated rings. The summed E-state index contributed by atoms with van der Waals surface area (Å²) in [7, 11) is 0. The lowest BCUT2D eigenvalue weighted by Gasteiger charge is -2.44. The molecule has 0 bridgehead atoms. The maximum Gasteiger partial charge on any atom is 0.250 e. The zero-order chi connectivity index (χ0) is 18.9. The van der Waals surface area contributed by atoms with Crippen LogP contribution >= 0.6 is 0 Å². The van der Waals surface area contributed by atoms with Crippen molar-refractivity contribution in [1.82, 2.24) is 9.80 Å². The van der Waals surface area contributed by atoms with Gasteiger partial charge >= 0.3 is 0 Å². The second-order valence-electron chi connectivity index (χ2n) is 8.22. The monoisotopic (exact) mass is 370 g/mol. The molecule has 6 heteroatoms. The lowest BCUT2D eigenvalue weighted by Crippen LogP contribution is -2.59. The molecule has 1 aromatic carbocycles. The molecule has 1 spiro atoms. The third-order valence-electron chi connectivity index (χ3n) is 6.49. The molecule has 27 heavy (non-hydrogen) atoms. The summed E-state index contributed by atoms with van der Waals surface area (Å²) in [5.74, 6) is 0.253. The van der Waals surface area contributed by atoms with Crippen LogP contribution in [0, 0.1) is 0 Å². The van der Waals surface area contributed by atoms with Gasteiger partial charge < -0.3 is 20.4 Å². The predicted molar refractivity (Wildman–Crippen MR) is 107 cm³/mol. The quantitative estimate of drug-likeness (QED) is 0.855. The van der Waals surface area contributed by atoms with Crippen molar-refractivity contribution in [2.75, 3.05) is 36.8 Å². The molecule has 0 aliphatic carbocycles. The van der Waals surface area contributed by atoms with Crippen molar-refractivity contribution < 1.29 is 9.59 Å². The summed E-state index contributed by atoms with van der Waals surface area (Å²) >= 11 is 0. The summed E-state index contributed by atoms with van der Waals surface area (Å²) in [6, 6.07) is 8.27. The zero-order valence-electron chi connectivity index (χ0n) is 16.2. The van der Waals surface area contributed by atoms with Gasteiger partial charge in [0.05, 0.1) is 11.4 Å². The Labute approximate surface area is 161 Å². The largest absolute Gasteiger partial charge is 0.369 e. The molecular weight excluding hydrogens is 340 g/mol. The third kappa shape index (κ3) is 3.68. The van der Waals surface area contributed by atoms with Gasteiger partial charge in [-0.3, -0.25) is 9.59 Å². The molecule has 3 heterocycles. The topological polar surface area (TPSA) is 64.7 Å². The van der Waals surface area contributed by atoms with Crippen LogP contribution < -0.4 is 10.6 Å². The molecule has 1 aromatic rings. The summed E-state index contributed by atoms with van der Waals surface area (Å²) < 4.78 is 0. The van der Waals surface area contributed by atoms with Crippen molar-refractivity contribution in [2.45, 2.75) is 57.0 Å². The van der Waals surface area contributed by atoms with E-state index in [2.05, 4.69) is 22.5 Å². The number of hydrogen-bond acceptors (Lipinski definition) is 4. The molecule has 4 rings (SSSR count). The fourth-order valence-electron chi connectivity index (χ4n) is 4.60. The van der Waals surface area contributed by atoms with Crippen LogP contribution in [-0.4, -0.2) is 59.4 Å². The zero-order valence-corrected chi connectivity index (χ0v) is 16.2. The van der Waals surface area contributed by atoms with Gasteiger partial charge in [0, 0.05) is 25.6 Å². The van der Waals surface area contributed by atoms with E-state index in [9.17, 15) is 9.59 Å². The number of para-hydroxylation sites is 2. The normalized spacial score (nSPS) is 22.9. The number of anilines is 2. The van der Waals surface area contributed by atoms with E-state index in [1.807, 2.05) is 29.2 Å². The molecular formula is C21H30N4O2. The molecule has 0 unspecified atom stereocenters. The number of likely N-dealkylation sites (tertiary alicyclic amines) is 2. The highest BCUT2D eigenvalue weighted by atomic mass is 16.2. The van der Waals surface area contributed by atoms with Gasteiger partial charge in [-0.05, 0) is 64.3 Å². The van der Waals surface area contributed by atoms with Crippen LogP contribution in [0.5, 0.6) is 0 Å². The van der Waals surface area contributed by atoms with Crippen molar-refractivity contribution in [3.05, 3.63) is 24.3 Å². The first-order valence-electron chi connectivity index (χ1n) is 10.3. The van der Waals surface area contributed by atoms with E-state index in [4.69, 9.17) is 0 Å². The number of benzene rings is 1. The van der Waals surface area contributed by atoms with Crippen LogP contribution in [0.1, 0.15) is 45.4 Å². The fraction of sp³-hybridized carbons (Fsp3) is 0.619. The minimum absolute atomic E-state index is 0.0240. The number of nitrogens with zero attached hydrogens (tertiary/aromatic N) is 2. The second kappa shape index (κ2) is 7.50. The van der Waals surface area contributed by atoms with Crippen LogP contribution in [0.3, 0.4) is 0 Å². The highest BCUT2D eigenvalue weighted by molar-refractivity contribution is 6.06. The molecule has 0 saturated carbocycles. The first-order valence-corrected chi connectivity index (χ1v) is 10.3. The van der Waals surface area contributed by atoms with Crippen LogP contribution in [0.15, 0.2) is 24.3 Å². The van der Waals surface area contributed by atoms with Gasteiger partial charge in [0.25, 0.3) is 0 Å².